The van der Waals surface area contributed by atoms with E-state index in [9.17, 15) is 14.7 Å². The molecule has 9 heteroatoms. The standard InChI is InChI=1S/C22H22N4O4S/c1-4-25-11-10-15(24-25)12-17-20(28)26-19(14-6-8-16(27)9-7-14)18(21(29)30-5-2)13(3)23-22(26)31-17/h6-12,19,27H,4-5H2,1-3H3/b17-12+/t19-/m0/s1. The quantitative estimate of drug-likeness (QED) is 0.612. The van der Waals surface area contributed by atoms with Crippen LogP contribution in [0, 0.1) is 0 Å². The molecule has 1 aromatic carbocycles. The lowest BCUT2D eigenvalue weighted by Crippen LogP contribution is -2.39. The first kappa shape index (κ1) is 20.8. The minimum atomic E-state index is -0.703. The largest absolute Gasteiger partial charge is 0.508 e. The first-order valence-corrected chi connectivity index (χ1v) is 10.8. The van der Waals surface area contributed by atoms with Crippen LogP contribution in [0.2, 0.25) is 0 Å². The number of benzene rings is 1. The molecule has 0 fully saturated rings. The molecule has 4 rings (SSSR count). The molecule has 160 valence electrons. The van der Waals surface area contributed by atoms with E-state index in [0.29, 0.717) is 31.9 Å². The van der Waals surface area contributed by atoms with Crippen LogP contribution in [0.5, 0.6) is 5.75 Å². The number of carbonyl (C=O) groups excluding carboxylic acids is 1. The number of hydrogen-bond acceptors (Lipinski definition) is 7. The molecule has 0 aliphatic carbocycles. The van der Waals surface area contributed by atoms with Gasteiger partial charge in [-0.1, -0.05) is 23.5 Å². The van der Waals surface area contributed by atoms with Gasteiger partial charge < -0.3 is 9.84 Å². The fourth-order valence-corrected chi connectivity index (χ4v) is 4.56. The summed E-state index contributed by atoms with van der Waals surface area (Å²) in [5.74, 6) is -0.418. The summed E-state index contributed by atoms with van der Waals surface area (Å²) in [6.07, 6.45) is 3.58. The van der Waals surface area contributed by atoms with Crippen molar-refractivity contribution in [3.63, 3.8) is 0 Å². The number of thiazole rings is 1. The Morgan fingerprint density at radius 1 is 1.26 bits per heavy atom. The highest BCUT2D eigenvalue weighted by Gasteiger charge is 2.33. The van der Waals surface area contributed by atoms with Gasteiger partial charge in [0.15, 0.2) is 4.80 Å². The Hall–Kier alpha value is -3.46. The maximum absolute atomic E-state index is 13.4. The summed E-state index contributed by atoms with van der Waals surface area (Å²) in [4.78, 5) is 31.2. The summed E-state index contributed by atoms with van der Waals surface area (Å²) in [5.41, 5.74) is 1.90. The van der Waals surface area contributed by atoms with Gasteiger partial charge in [0.05, 0.1) is 34.1 Å². The van der Waals surface area contributed by atoms with Crippen molar-refractivity contribution in [1.29, 1.82) is 0 Å². The highest BCUT2D eigenvalue weighted by molar-refractivity contribution is 7.07. The molecule has 2 aromatic heterocycles. The van der Waals surface area contributed by atoms with Gasteiger partial charge in [0.1, 0.15) is 5.75 Å². The topological polar surface area (TPSA) is 98.7 Å². The second kappa shape index (κ2) is 8.35. The molecular weight excluding hydrogens is 416 g/mol. The van der Waals surface area contributed by atoms with Crippen molar-refractivity contribution in [3.8, 4) is 5.75 Å². The Balaban J connectivity index is 1.93. The van der Waals surface area contributed by atoms with E-state index in [-0.39, 0.29) is 17.9 Å². The SMILES string of the molecule is CCOC(=O)C1=C(C)N=c2s/c(=C/c3ccn(CC)n3)c(=O)n2[C@H]1c1ccc(O)cc1. The van der Waals surface area contributed by atoms with Crippen molar-refractivity contribution >= 4 is 23.4 Å². The Morgan fingerprint density at radius 2 is 2.00 bits per heavy atom. The van der Waals surface area contributed by atoms with Gasteiger partial charge in [0, 0.05) is 12.7 Å². The zero-order valence-electron chi connectivity index (χ0n) is 17.4. The number of aromatic nitrogens is 3. The Labute approximate surface area is 182 Å². The summed E-state index contributed by atoms with van der Waals surface area (Å²) in [7, 11) is 0. The summed E-state index contributed by atoms with van der Waals surface area (Å²) < 4.78 is 9.03. The third-order valence-electron chi connectivity index (χ3n) is 4.99. The van der Waals surface area contributed by atoms with E-state index < -0.39 is 12.0 Å². The third kappa shape index (κ3) is 3.84. The zero-order valence-corrected chi connectivity index (χ0v) is 18.2. The van der Waals surface area contributed by atoms with Crippen LogP contribution < -0.4 is 14.9 Å². The molecular formula is C22H22N4O4S. The van der Waals surface area contributed by atoms with Crippen LogP contribution in [0.3, 0.4) is 0 Å². The molecule has 3 aromatic rings. The van der Waals surface area contributed by atoms with Crippen molar-refractivity contribution in [3.05, 3.63) is 78.7 Å². The van der Waals surface area contributed by atoms with Gasteiger partial charge in [-0.05, 0) is 50.6 Å². The lowest BCUT2D eigenvalue weighted by Gasteiger charge is -2.24. The second-order valence-electron chi connectivity index (χ2n) is 6.99. The number of fused-ring (bicyclic) bond motifs is 1. The average molecular weight is 439 g/mol. The smallest absolute Gasteiger partial charge is 0.338 e. The number of esters is 1. The molecule has 0 radical (unpaired) electrons. The van der Waals surface area contributed by atoms with Gasteiger partial charge in [0.25, 0.3) is 5.56 Å². The normalized spacial score (nSPS) is 16.2. The Kier molecular flexibility index (Phi) is 5.60. The maximum Gasteiger partial charge on any atom is 0.338 e. The lowest BCUT2D eigenvalue weighted by atomic mass is 9.96. The fourth-order valence-electron chi connectivity index (χ4n) is 3.53. The van der Waals surface area contributed by atoms with Crippen LogP contribution in [0.25, 0.3) is 6.08 Å². The first-order valence-electron chi connectivity index (χ1n) is 9.95. The molecule has 1 N–H and O–H groups in total. The van der Waals surface area contributed by atoms with Gasteiger partial charge in [-0.3, -0.25) is 14.0 Å². The van der Waals surface area contributed by atoms with Crippen molar-refractivity contribution in [2.24, 2.45) is 4.99 Å². The van der Waals surface area contributed by atoms with E-state index >= 15 is 0 Å². The third-order valence-corrected chi connectivity index (χ3v) is 5.97. The van der Waals surface area contributed by atoms with Crippen LogP contribution in [0.15, 0.2) is 57.6 Å². The Morgan fingerprint density at radius 3 is 2.65 bits per heavy atom. The van der Waals surface area contributed by atoms with E-state index in [2.05, 4.69) is 10.1 Å². The summed E-state index contributed by atoms with van der Waals surface area (Å²) in [6, 6.07) is 7.58. The molecule has 0 saturated heterocycles. The monoisotopic (exact) mass is 438 g/mol. The second-order valence-corrected chi connectivity index (χ2v) is 8.00. The molecule has 0 bridgehead atoms. The molecule has 0 unspecified atom stereocenters. The van der Waals surface area contributed by atoms with E-state index in [4.69, 9.17) is 4.74 Å². The van der Waals surface area contributed by atoms with Crippen molar-refractivity contribution in [1.82, 2.24) is 14.3 Å². The predicted molar refractivity (Wildman–Crippen MR) is 116 cm³/mol. The number of aromatic hydroxyl groups is 1. The highest BCUT2D eigenvalue weighted by Crippen LogP contribution is 2.31. The summed E-state index contributed by atoms with van der Waals surface area (Å²) >= 11 is 1.25. The van der Waals surface area contributed by atoms with Crippen LogP contribution in [-0.2, 0) is 16.1 Å². The number of allylic oxidation sites excluding steroid dienone is 1. The zero-order chi connectivity index (χ0) is 22.1. The van der Waals surface area contributed by atoms with Crippen molar-refractivity contribution in [2.45, 2.75) is 33.4 Å². The van der Waals surface area contributed by atoms with Gasteiger partial charge >= 0.3 is 5.97 Å². The minimum Gasteiger partial charge on any atom is -0.508 e. The van der Waals surface area contributed by atoms with E-state index in [0.717, 1.165) is 6.54 Å². The lowest BCUT2D eigenvalue weighted by molar-refractivity contribution is -0.139. The first-order chi connectivity index (χ1) is 14.9. The summed E-state index contributed by atoms with van der Waals surface area (Å²) in [5, 5.41) is 14.1. The van der Waals surface area contributed by atoms with Crippen LogP contribution >= 0.6 is 11.3 Å². The van der Waals surface area contributed by atoms with Crippen molar-refractivity contribution < 1.29 is 14.6 Å². The molecule has 1 atom stereocenters. The number of phenols is 1. The summed E-state index contributed by atoms with van der Waals surface area (Å²) in [6.45, 7) is 6.40. The number of hydrogen-bond donors (Lipinski definition) is 1. The molecule has 8 nitrogen and oxygen atoms in total. The molecule has 0 saturated carbocycles. The van der Waals surface area contributed by atoms with Gasteiger partial charge in [-0.2, -0.15) is 5.10 Å². The predicted octanol–water partition coefficient (Wildman–Crippen LogP) is 1.72. The highest BCUT2D eigenvalue weighted by atomic mass is 32.1. The molecule has 0 spiro atoms. The Bertz CT molecular complexity index is 1350. The van der Waals surface area contributed by atoms with Gasteiger partial charge in [-0.25, -0.2) is 9.79 Å². The molecule has 31 heavy (non-hydrogen) atoms. The van der Waals surface area contributed by atoms with E-state index in [1.807, 2.05) is 19.2 Å². The van der Waals surface area contributed by atoms with Gasteiger partial charge in [-0.15, -0.1) is 0 Å². The molecule has 0 amide bonds. The maximum atomic E-state index is 13.4. The number of aryl methyl sites for hydroxylation is 1. The average Bonchev–Trinajstić information content (AvgIpc) is 3.32. The van der Waals surface area contributed by atoms with Crippen LogP contribution in [0.1, 0.15) is 38.1 Å². The molecule has 3 heterocycles. The number of phenolic OH excluding ortho intramolecular Hbond substituents is 1. The number of carbonyl (C=O) groups is 1. The minimum absolute atomic E-state index is 0.0982. The molecule has 1 aliphatic rings. The number of ether oxygens (including phenoxy) is 1. The molecule has 1 aliphatic heterocycles. The van der Waals surface area contributed by atoms with E-state index in [1.165, 1.54) is 28.0 Å². The van der Waals surface area contributed by atoms with Crippen LogP contribution in [-0.4, -0.2) is 32.0 Å². The number of nitrogens with zero attached hydrogens (tertiary/aromatic N) is 4. The number of rotatable bonds is 5. The van der Waals surface area contributed by atoms with Gasteiger partial charge in [0.2, 0.25) is 0 Å². The fraction of sp³-hybridized carbons (Fsp3) is 0.273. The van der Waals surface area contributed by atoms with Crippen LogP contribution in [0.4, 0.5) is 0 Å². The van der Waals surface area contributed by atoms with E-state index in [1.54, 1.807) is 36.7 Å². The van der Waals surface area contributed by atoms with Crippen molar-refractivity contribution in [2.75, 3.05) is 6.61 Å².